The maximum atomic E-state index is 12.6. The summed E-state index contributed by atoms with van der Waals surface area (Å²) in [5, 5.41) is 0.130. The third-order valence-electron chi connectivity index (χ3n) is 2.91. The lowest BCUT2D eigenvalue weighted by molar-refractivity contribution is -0.0429. The van der Waals surface area contributed by atoms with Gasteiger partial charge in [-0.25, -0.2) is 8.42 Å². The molecule has 2 aromatic carbocycles. The number of sulfonamides is 1. The van der Waals surface area contributed by atoms with Crippen molar-refractivity contribution in [1.29, 1.82) is 0 Å². The van der Waals surface area contributed by atoms with Crippen molar-refractivity contribution in [2.24, 2.45) is 0 Å². The van der Waals surface area contributed by atoms with E-state index in [9.17, 15) is 30.0 Å². The van der Waals surface area contributed by atoms with Crippen molar-refractivity contribution in [3.05, 3.63) is 52.5 Å². The Kier molecular flexibility index (Phi) is 5.29. The molecule has 2 aromatic rings. The van der Waals surface area contributed by atoms with Crippen LogP contribution in [0.5, 0.6) is 0 Å². The van der Waals surface area contributed by atoms with Gasteiger partial charge in [-0.1, -0.05) is 23.2 Å². The molecule has 0 spiro atoms. The fraction of sp³-hybridized carbons (Fsp3) is 0.0769. The highest BCUT2D eigenvalue weighted by molar-refractivity contribution is 7.94. The van der Waals surface area contributed by atoms with Gasteiger partial charge in [0.2, 0.25) is 9.84 Å². The first kappa shape index (κ1) is 19.8. The van der Waals surface area contributed by atoms with Crippen molar-refractivity contribution in [1.82, 2.24) is 0 Å². The maximum absolute atomic E-state index is 12.6. The van der Waals surface area contributed by atoms with Crippen LogP contribution < -0.4 is 4.72 Å². The highest BCUT2D eigenvalue weighted by Crippen LogP contribution is 2.33. The molecule has 0 radical (unpaired) electrons. The standard InChI is InChI=1S/C13H8Cl2F3NO4S2/c14-8-1-4-10(5-2-8)24(20,21)12-7-9(15)3-6-11(12)19-25(22,23)13(16,17)18/h1-7,19H. The molecule has 0 atom stereocenters. The van der Waals surface area contributed by atoms with Crippen molar-refractivity contribution >= 4 is 48.7 Å². The number of nitrogens with one attached hydrogen (secondary N) is 1. The molecule has 5 nitrogen and oxygen atoms in total. The molecule has 0 amide bonds. The van der Waals surface area contributed by atoms with Gasteiger partial charge in [-0.15, -0.1) is 0 Å². The quantitative estimate of drug-likeness (QED) is 0.787. The third-order valence-corrected chi connectivity index (χ3v) is 6.30. The topological polar surface area (TPSA) is 80.3 Å². The average Bonchev–Trinajstić information content (AvgIpc) is 2.48. The van der Waals surface area contributed by atoms with E-state index in [1.165, 1.54) is 16.9 Å². The van der Waals surface area contributed by atoms with Gasteiger partial charge >= 0.3 is 15.5 Å². The molecule has 0 aromatic heterocycles. The number of sulfone groups is 1. The van der Waals surface area contributed by atoms with Crippen molar-refractivity contribution < 1.29 is 30.0 Å². The first-order chi connectivity index (χ1) is 11.3. The minimum Gasteiger partial charge on any atom is -0.275 e. The van der Waals surface area contributed by atoms with E-state index in [2.05, 4.69) is 0 Å². The van der Waals surface area contributed by atoms with Gasteiger partial charge in [0.15, 0.2) is 0 Å². The number of rotatable bonds is 4. The number of halogens is 5. The van der Waals surface area contributed by atoms with Gasteiger partial charge in [0.25, 0.3) is 0 Å². The molecule has 12 heteroatoms. The fourth-order valence-corrected chi connectivity index (χ4v) is 4.20. The Morgan fingerprint density at radius 1 is 0.840 bits per heavy atom. The summed E-state index contributed by atoms with van der Waals surface area (Å²) in [6, 6.07) is 7.50. The van der Waals surface area contributed by atoms with Crippen molar-refractivity contribution in [2.45, 2.75) is 15.3 Å². The Labute approximate surface area is 151 Å². The van der Waals surface area contributed by atoms with Gasteiger partial charge < -0.3 is 0 Å². The average molecular weight is 434 g/mol. The van der Waals surface area contributed by atoms with Gasteiger partial charge in [-0.05, 0) is 42.5 Å². The van der Waals surface area contributed by atoms with Crippen LogP contribution in [0.15, 0.2) is 52.3 Å². The molecular weight excluding hydrogens is 426 g/mol. The summed E-state index contributed by atoms with van der Waals surface area (Å²) in [5.74, 6) is 0. The second-order valence-corrected chi connectivity index (χ2v) is 9.11. The van der Waals surface area contributed by atoms with E-state index in [4.69, 9.17) is 23.2 Å². The molecule has 0 saturated carbocycles. The van der Waals surface area contributed by atoms with Gasteiger partial charge in [-0.3, -0.25) is 4.72 Å². The maximum Gasteiger partial charge on any atom is 0.516 e. The molecule has 25 heavy (non-hydrogen) atoms. The minimum atomic E-state index is -5.81. The summed E-state index contributed by atoms with van der Waals surface area (Å²) in [5.41, 5.74) is -6.40. The van der Waals surface area contributed by atoms with Crippen LogP contribution in [0.3, 0.4) is 0 Å². The SMILES string of the molecule is O=S(=O)(c1ccc(Cl)cc1)c1cc(Cl)ccc1NS(=O)(=O)C(F)(F)F. The zero-order valence-electron chi connectivity index (χ0n) is 11.9. The van der Waals surface area contributed by atoms with Crippen LogP contribution in [0.1, 0.15) is 0 Å². The molecule has 0 aliphatic carbocycles. The van der Waals surface area contributed by atoms with Crippen LogP contribution in [0.2, 0.25) is 10.0 Å². The molecule has 1 N–H and O–H groups in total. The van der Waals surface area contributed by atoms with E-state index in [-0.39, 0.29) is 14.9 Å². The van der Waals surface area contributed by atoms with E-state index >= 15 is 0 Å². The number of hydrogen-bond acceptors (Lipinski definition) is 4. The second-order valence-electron chi connectivity index (χ2n) is 4.65. The third kappa shape index (κ3) is 4.20. The lowest BCUT2D eigenvalue weighted by Crippen LogP contribution is -2.30. The van der Waals surface area contributed by atoms with Crippen molar-refractivity contribution in [3.63, 3.8) is 0 Å². The Balaban J connectivity index is 2.62. The van der Waals surface area contributed by atoms with E-state index < -0.39 is 36.0 Å². The van der Waals surface area contributed by atoms with Gasteiger partial charge in [-0.2, -0.15) is 21.6 Å². The van der Waals surface area contributed by atoms with E-state index in [1.807, 2.05) is 0 Å². The molecular formula is C13H8Cl2F3NO4S2. The summed E-state index contributed by atoms with van der Waals surface area (Å²) in [6.45, 7) is 0. The zero-order valence-corrected chi connectivity index (χ0v) is 15.0. The summed E-state index contributed by atoms with van der Waals surface area (Å²) in [4.78, 5) is -1.03. The van der Waals surface area contributed by atoms with E-state index in [0.29, 0.717) is 0 Å². The first-order valence-electron chi connectivity index (χ1n) is 6.24. The second kappa shape index (κ2) is 6.67. The Bertz CT molecular complexity index is 1000. The predicted octanol–water partition coefficient (Wildman–Crippen LogP) is 4.09. The van der Waals surface area contributed by atoms with Crippen LogP contribution in [0.4, 0.5) is 18.9 Å². The Morgan fingerprint density at radius 2 is 1.36 bits per heavy atom. The molecule has 136 valence electrons. The Hall–Kier alpha value is -1.49. The monoisotopic (exact) mass is 433 g/mol. The van der Waals surface area contributed by atoms with Crippen LogP contribution >= 0.6 is 23.2 Å². The molecule has 0 fully saturated rings. The molecule has 0 aliphatic rings. The zero-order chi connectivity index (χ0) is 19.0. The normalized spacial score (nSPS) is 12.8. The lowest BCUT2D eigenvalue weighted by Gasteiger charge is -2.15. The molecule has 0 unspecified atom stereocenters. The summed E-state index contributed by atoms with van der Waals surface area (Å²) < 4.78 is 86.7. The smallest absolute Gasteiger partial charge is 0.275 e. The summed E-state index contributed by atoms with van der Waals surface area (Å²) in [7, 11) is -10.2. The first-order valence-corrected chi connectivity index (χ1v) is 9.96. The molecule has 0 saturated heterocycles. The fourth-order valence-electron chi connectivity index (χ4n) is 1.75. The lowest BCUT2D eigenvalue weighted by atomic mass is 10.3. The van der Waals surface area contributed by atoms with Gasteiger partial charge in [0, 0.05) is 10.0 Å². The summed E-state index contributed by atoms with van der Waals surface area (Å²) >= 11 is 11.4. The predicted molar refractivity (Wildman–Crippen MR) is 87.0 cm³/mol. The number of benzene rings is 2. The van der Waals surface area contributed by atoms with Crippen molar-refractivity contribution in [3.8, 4) is 0 Å². The van der Waals surface area contributed by atoms with Gasteiger partial charge in [0.05, 0.1) is 15.5 Å². The van der Waals surface area contributed by atoms with Crippen LogP contribution in [0.25, 0.3) is 0 Å². The number of hydrogen-bond donors (Lipinski definition) is 1. The van der Waals surface area contributed by atoms with Crippen LogP contribution in [-0.2, 0) is 19.9 Å². The highest BCUT2D eigenvalue weighted by Gasteiger charge is 2.46. The van der Waals surface area contributed by atoms with E-state index in [1.54, 1.807) is 0 Å². The van der Waals surface area contributed by atoms with Crippen LogP contribution in [0, 0.1) is 0 Å². The van der Waals surface area contributed by atoms with Crippen LogP contribution in [-0.4, -0.2) is 22.3 Å². The molecule has 0 aliphatic heterocycles. The highest BCUT2D eigenvalue weighted by atomic mass is 35.5. The number of anilines is 1. The largest absolute Gasteiger partial charge is 0.516 e. The molecule has 0 heterocycles. The minimum absolute atomic E-state index is 0.109. The molecule has 0 bridgehead atoms. The Morgan fingerprint density at radius 3 is 1.88 bits per heavy atom. The van der Waals surface area contributed by atoms with Gasteiger partial charge in [0.1, 0.15) is 0 Å². The number of alkyl halides is 3. The molecule has 2 rings (SSSR count). The summed E-state index contributed by atoms with van der Waals surface area (Å²) in [6.07, 6.45) is 0. The van der Waals surface area contributed by atoms with Crippen molar-refractivity contribution in [2.75, 3.05) is 4.72 Å². The van der Waals surface area contributed by atoms with E-state index in [0.717, 1.165) is 30.3 Å².